The van der Waals surface area contributed by atoms with Crippen molar-refractivity contribution in [2.45, 2.75) is 26.4 Å². The van der Waals surface area contributed by atoms with Crippen LogP contribution < -0.4 is 15.3 Å². The molecule has 0 aliphatic heterocycles. The summed E-state index contributed by atoms with van der Waals surface area (Å²) in [5.41, 5.74) is 3.52. The molecule has 26 heavy (non-hydrogen) atoms. The van der Waals surface area contributed by atoms with Crippen LogP contribution in [0.25, 0.3) is 11.0 Å². The molecule has 0 aliphatic carbocycles. The zero-order valence-electron chi connectivity index (χ0n) is 15.3. The second kappa shape index (κ2) is 7.94. The van der Waals surface area contributed by atoms with Gasteiger partial charge >= 0.3 is 5.63 Å². The Morgan fingerprint density at radius 1 is 1.08 bits per heavy atom. The molecule has 0 saturated carbocycles. The van der Waals surface area contributed by atoms with Gasteiger partial charge in [0.25, 0.3) is 0 Å². The number of aryl methyl sites for hydroxylation is 1. The fourth-order valence-electron chi connectivity index (χ4n) is 3.24. The van der Waals surface area contributed by atoms with Crippen molar-refractivity contribution in [3.8, 4) is 5.75 Å². The van der Waals surface area contributed by atoms with Crippen LogP contribution in [0.4, 0.5) is 0 Å². The Balaban J connectivity index is 1.89. The van der Waals surface area contributed by atoms with E-state index in [1.807, 2.05) is 30.3 Å². The van der Waals surface area contributed by atoms with E-state index in [-0.39, 0.29) is 5.63 Å². The standard InChI is InChI=1S/C21H22ClNO3/c1-4-14-5-7-18-15(11-21(24)26-20(18)9-14)12-23(2)13-16-10-17(22)6-8-19(16)25-3/h5-11H,4,12-13H2,1-3H3/p+1. The zero-order chi connectivity index (χ0) is 18.7. The van der Waals surface area contributed by atoms with Crippen molar-refractivity contribution in [2.24, 2.45) is 0 Å². The Bertz CT molecular complexity index is 981. The van der Waals surface area contributed by atoms with Gasteiger partial charge in [-0.3, -0.25) is 0 Å². The first kappa shape index (κ1) is 18.5. The van der Waals surface area contributed by atoms with Crippen LogP contribution in [-0.2, 0) is 19.5 Å². The van der Waals surface area contributed by atoms with E-state index in [1.165, 1.54) is 4.90 Å². The van der Waals surface area contributed by atoms with Gasteiger partial charge in [0.1, 0.15) is 24.4 Å². The molecule has 4 nitrogen and oxygen atoms in total. The number of methoxy groups -OCH3 is 1. The summed E-state index contributed by atoms with van der Waals surface area (Å²) in [5, 5.41) is 1.67. The van der Waals surface area contributed by atoms with E-state index < -0.39 is 0 Å². The lowest BCUT2D eigenvalue weighted by Crippen LogP contribution is -3.06. The molecule has 1 atom stereocenters. The maximum absolute atomic E-state index is 12.0. The number of nitrogens with one attached hydrogen (secondary N) is 1. The van der Waals surface area contributed by atoms with Crippen molar-refractivity contribution in [3.63, 3.8) is 0 Å². The van der Waals surface area contributed by atoms with Crippen LogP contribution in [0.5, 0.6) is 5.75 Å². The van der Waals surface area contributed by atoms with Gasteiger partial charge < -0.3 is 14.1 Å². The molecule has 0 fully saturated rings. The molecule has 3 aromatic rings. The van der Waals surface area contributed by atoms with Gasteiger partial charge in [-0.25, -0.2) is 4.79 Å². The highest BCUT2D eigenvalue weighted by molar-refractivity contribution is 6.30. The van der Waals surface area contributed by atoms with E-state index >= 15 is 0 Å². The summed E-state index contributed by atoms with van der Waals surface area (Å²) in [6.45, 7) is 3.52. The predicted molar refractivity (Wildman–Crippen MR) is 104 cm³/mol. The van der Waals surface area contributed by atoms with Crippen LogP contribution in [0, 0.1) is 0 Å². The molecule has 0 amide bonds. The van der Waals surface area contributed by atoms with Crippen molar-refractivity contribution in [1.82, 2.24) is 0 Å². The van der Waals surface area contributed by atoms with Crippen LogP contribution in [-0.4, -0.2) is 14.2 Å². The van der Waals surface area contributed by atoms with Crippen LogP contribution in [0.15, 0.2) is 51.7 Å². The molecule has 0 aliphatic rings. The largest absolute Gasteiger partial charge is 0.496 e. The van der Waals surface area contributed by atoms with E-state index in [9.17, 15) is 4.79 Å². The van der Waals surface area contributed by atoms with Gasteiger partial charge in [-0.05, 0) is 36.2 Å². The number of fused-ring (bicyclic) bond motifs is 1. The highest BCUT2D eigenvalue weighted by Gasteiger charge is 2.14. The third-order valence-electron chi connectivity index (χ3n) is 4.53. The zero-order valence-corrected chi connectivity index (χ0v) is 16.0. The maximum atomic E-state index is 12.0. The fourth-order valence-corrected chi connectivity index (χ4v) is 3.43. The minimum Gasteiger partial charge on any atom is -0.496 e. The summed E-state index contributed by atoms with van der Waals surface area (Å²) in [6.07, 6.45) is 0.906. The van der Waals surface area contributed by atoms with Gasteiger partial charge in [-0.15, -0.1) is 0 Å². The minimum absolute atomic E-state index is 0.311. The SMILES string of the molecule is CCc1ccc2c(C[NH+](C)Cc3cc(Cl)ccc3OC)cc(=O)oc2c1. The number of hydrogen-bond acceptors (Lipinski definition) is 3. The van der Waals surface area contributed by atoms with Crippen LogP contribution in [0.1, 0.15) is 23.6 Å². The van der Waals surface area contributed by atoms with Crippen molar-refractivity contribution >= 4 is 22.6 Å². The Kier molecular flexibility index (Phi) is 5.64. The summed E-state index contributed by atoms with van der Waals surface area (Å²) < 4.78 is 10.8. The molecule has 1 unspecified atom stereocenters. The lowest BCUT2D eigenvalue weighted by Gasteiger charge is -2.17. The first-order valence-electron chi connectivity index (χ1n) is 8.69. The molecule has 0 bridgehead atoms. The first-order chi connectivity index (χ1) is 12.5. The van der Waals surface area contributed by atoms with E-state index in [0.717, 1.165) is 40.8 Å². The maximum Gasteiger partial charge on any atom is 0.336 e. The van der Waals surface area contributed by atoms with Crippen LogP contribution in [0.2, 0.25) is 5.02 Å². The quantitative estimate of drug-likeness (QED) is 0.675. The molecule has 1 aromatic heterocycles. The predicted octanol–water partition coefficient (Wildman–Crippen LogP) is 3.23. The van der Waals surface area contributed by atoms with Crippen molar-refractivity contribution in [3.05, 3.63) is 74.6 Å². The summed E-state index contributed by atoms with van der Waals surface area (Å²) in [6, 6.07) is 13.3. The van der Waals surface area contributed by atoms with Gasteiger partial charge in [0.05, 0.1) is 14.2 Å². The monoisotopic (exact) mass is 372 g/mol. The average molecular weight is 373 g/mol. The second-order valence-electron chi connectivity index (χ2n) is 6.54. The van der Waals surface area contributed by atoms with Gasteiger partial charge in [0.2, 0.25) is 0 Å². The molecule has 1 heterocycles. The topological polar surface area (TPSA) is 43.9 Å². The van der Waals surface area contributed by atoms with Gasteiger partial charge in [0.15, 0.2) is 0 Å². The van der Waals surface area contributed by atoms with E-state index in [0.29, 0.717) is 17.2 Å². The lowest BCUT2D eigenvalue weighted by molar-refractivity contribution is -0.907. The number of benzene rings is 2. The highest BCUT2D eigenvalue weighted by atomic mass is 35.5. The van der Waals surface area contributed by atoms with Crippen LogP contribution in [0.3, 0.4) is 0 Å². The smallest absolute Gasteiger partial charge is 0.336 e. The van der Waals surface area contributed by atoms with Gasteiger partial charge in [0, 0.05) is 27.6 Å². The normalized spacial score (nSPS) is 12.3. The highest BCUT2D eigenvalue weighted by Crippen LogP contribution is 2.22. The van der Waals surface area contributed by atoms with Gasteiger partial charge in [-0.2, -0.15) is 0 Å². The van der Waals surface area contributed by atoms with E-state index in [1.54, 1.807) is 13.2 Å². The number of hydrogen-bond donors (Lipinski definition) is 1. The molecule has 3 rings (SSSR count). The number of halogens is 1. The minimum atomic E-state index is -0.311. The third kappa shape index (κ3) is 4.09. The summed E-state index contributed by atoms with van der Waals surface area (Å²) in [4.78, 5) is 13.2. The first-order valence-corrected chi connectivity index (χ1v) is 9.07. The summed E-state index contributed by atoms with van der Waals surface area (Å²) >= 11 is 6.13. The fraction of sp³-hybridized carbons (Fsp3) is 0.286. The Labute approximate surface area is 158 Å². The van der Waals surface area contributed by atoms with Crippen molar-refractivity contribution < 1.29 is 14.1 Å². The number of quaternary nitrogens is 1. The Morgan fingerprint density at radius 2 is 1.85 bits per heavy atom. The third-order valence-corrected chi connectivity index (χ3v) is 4.76. The molecule has 5 heteroatoms. The summed E-state index contributed by atoms with van der Waals surface area (Å²) in [7, 11) is 3.74. The molecule has 0 radical (unpaired) electrons. The van der Waals surface area contributed by atoms with Crippen LogP contribution >= 0.6 is 11.6 Å². The number of rotatable bonds is 6. The van der Waals surface area contributed by atoms with Crippen molar-refractivity contribution in [1.29, 1.82) is 0 Å². The molecule has 136 valence electrons. The van der Waals surface area contributed by atoms with E-state index in [4.69, 9.17) is 20.8 Å². The number of ether oxygens (including phenoxy) is 1. The van der Waals surface area contributed by atoms with E-state index in [2.05, 4.69) is 20.0 Å². The average Bonchev–Trinajstić information content (AvgIpc) is 2.61. The Hall–Kier alpha value is -2.30. The molecular formula is C21H23ClNO3+. The molecular weight excluding hydrogens is 350 g/mol. The summed E-state index contributed by atoms with van der Waals surface area (Å²) in [5.74, 6) is 0.818. The lowest BCUT2D eigenvalue weighted by atomic mass is 10.1. The van der Waals surface area contributed by atoms with Gasteiger partial charge in [-0.1, -0.05) is 30.7 Å². The molecule has 1 N–H and O–H groups in total. The Morgan fingerprint density at radius 3 is 2.58 bits per heavy atom. The van der Waals surface area contributed by atoms with Crippen molar-refractivity contribution in [2.75, 3.05) is 14.2 Å². The molecule has 0 saturated heterocycles. The second-order valence-corrected chi connectivity index (χ2v) is 6.98. The molecule has 2 aromatic carbocycles. The molecule has 0 spiro atoms.